The van der Waals surface area contributed by atoms with Gasteiger partial charge in [-0.1, -0.05) is 45.3 Å². The van der Waals surface area contributed by atoms with Gasteiger partial charge in [0.2, 0.25) is 5.91 Å². The highest BCUT2D eigenvalue weighted by Crippen LogP contribution is 2.74. The second kappa shape index (κ2) is 8.81. The molecule has 3 fully saturated rings. The monoisotopic (exact) mass is 588 g/mol. The first-order valence-corrected chi connectivity index (χ1v) is 15.4. The zero-order valence-corrected chi connectivity index (χ0v) is 25.5. The lowest BCUT2D eigenvalue weighted by atomic mass is 9.34. The summed E-state index contributed by atoms with van der Waals surface area (Å²) >= 11 is 0. The summed E-state index contributed by atoms with van der Waals surface area (Å²) in [6.45, 7) is 11.5. The Kier molecular flexibility index (Phi) is 6.21. The van der Waals surface area contributed by atoms with E-state index in [-0.39, 0.29) is 28.4 Å². The number of ketones is 1. The topological polar surface area (TPSA) is 89.3 Å². The predicted molar refractivity (Wildman–Crippen MR) is 149 cm³/mol. The number of rotatable bonds is 3. The fraction of sp³-hybridized carbons (Fsp3) is 0.758. The van der Waals surface area contributed by atoms with Crippen molar-refractivity contribution in [3.63, 3.8) is 0 Å². The molecule has 0 aliphatic heterocycles. The average molecular weight is 589 g/mol. The summed E-state index contributed by atoms with van der Waals surface area (Å²) in [5.41, 5.74) is -1.38. The molecule has 0 aromatic carbocycles. The van der Waals surface area contributed by atoms with E-state index in [1.54, 1.807) is 6.20 Å². The van der Waals surface area contributed by atoms with Crippen LogP contribution >= 0.6 is 0 Å². The van der Waals surface area contributed by atoms with Gasteiger partial charge in [-0.05, 0) is 97.9 Å². The van der Waals surface area contributed by atoms with Crippen LogP contribution in [0.1, 0.15) is 97.8 Å². The molecule has 9 heteroatoms. The molecule has 0 spiro atoms. The zero-order chi connectivity index (χ0) is 30.7. The van der Waals surface area contributed by atoms with Crippen molar-refractivity contribution in [3.05, 3.63) is 29.2 Å². The highest BCUT2D eigenvalue weighted by molar-refractivity contribution is 5.96. The Morgan fingerprint density at radius 2 is 1.79 bits per heavy atom. The van der Waals surface area contributed by atoms with Crippen LogP contribution in [-0.2, 0) is 26.2 Å². The van der Waals surface area contributed by atoms with Gasteiger partial charge in [0.15, 0.2) is 11.5 Å². The molecule has 1 N–H and O–H groups in total. The summed E-state index contributed by atoms with van der Waals surface area (Å²) in [6, 6.07) is 0. The molecule has 1 amide bonds. The van der Waals surface area contributed by atoms with Gasteiger partial charge < -0.3 is 14.6 Å². The predicted octanol–water partition coefficient (Wildman–Crippen LogP) is 6.53. The van der Waals surface area contributed by atoms with Crippen molar-refractivity contribution in [2.75, 3.05) is 6.54 Å². The fourth-order valence-electron chi connectivity index (χ4n) is 10.9. The van der Waals surface area contributed by atoms with E-state index in [1.807, 2.05) is 13.0 Å². The van der Waals surface area contributed by atoms with Gasteiger partial charge in [-0.15, -0.1) is 0 Å². The molecule has 1 unspecified atom stereocenters. The number of nitrogens with one attached hydrogen (secondary N) is 1. The quantitative estimate of drug-likeness (QED) is 0.406. The van der Waals surface area contributed by atoms with Gasteiger partial charge in [-0.2, -0.15) is 13.2 Å². The van der Waals surface area contributed by atoms with Crippen LogP contribution in [0.3, 0.4) is 0 Å². The number of hydrogen-bond acceptors (Lipinski definition) is 5. The van der Waals surface area contributed by atoms with Gasteiger partial charge in [0.1, 0.15) is 12.8 Å². The molecule has 3 saturated carbocycles. The molecular formula is C33H43F3N2O4. The zero-order valence-electron chi connectivity index (χ0n) is 25.5. The first kappa shape index (κ1) is 29.6. The van der Waals surface area contributed by atoms with Crippen molar-refractivity contribution in [1.82, 2.24) is 10.5 Å². The molecule has 0 radical (unpaired) electrons. The van der Waals surface area contributed by atoms with E-state index in [4.69, 9.17) is 4.52 Å². The van der Waals surface area contributed by atoms with Gasteiger partial charge in [-0.3, -0.25) is 9.59 Å². The highest BCUT2D eigenvalue weighted by Gasteiger charge is 2.71. The number of carbonyl (C=O) groups is 3. The maximum Gasteiger partial charge on any atom is 0.405 e. The van der Waals surface area contributed by atoms with Crippen molar-refractivity contribution in [1.29, 1.82) is 0 Å². The first-order valence-electron chi connectivity index (χ1n) is 15.4. The Hall–Kier alpha value is -2.45. The van der Waals surface area contributed by atoms with Gasteiger partial charge >= 0.3 is 6.18 Å². The Morgan fingerprint density at radius 3 is 2.45 bits per heavy atom. The van der Waals surface area contributed by atoms with E-state index in [0.29, 0.717) is 37.9 Å². The first-order chi connectivity index (χ1) is 19.4. The Labute approximate surface area is 245 Å². The largest absolute Gasteiger partial charge is 0.405 e. The SMILES string of the molecule is CC1(C)CC[C@]2(C(=O)NCC(F)(F)F)CC[C@]3(C)[C@H](C(=O)C=C4[C@@]5(C)Cc6cnoc6[C@@](C)(C=O)C5CC[C@]43C)[C@@H]2C1. The van der Waals surface area contributed by atoms with Crippen LogP contribution in [0, 0.1) is 44.8 Å². The van der Waals surface area contributed by atoms with Crippen LogP contribution in [0.25, 0.3) is 0 Å². The van der Waals surface area contributed by atoms with Gasteiger partial charge in [0.25, 0.3) is 0 Å². The van der Waals surface area contributed by atoms with Gasteiger partial charge in [0.05, 0.1) is 17.0 Å². The van der Waals surface area contributed by atoms with Crippen LogP contribution in [0.15, 0.2) is 22.4 Å². The number of aldehydes is 1. The van der Waals surface area contributed by atoms with E-state index in [2.05, 4.69) is 45.1 Å². The second-order valence-corrected chi connectivity index (χ2v) is 15.9. The molecule has 6 rings (SSSR count). The summed E-state index contributed by atoms with van der Waals surface area (Å²) in [7, 11) is 0. The summed E-state index contributed by atoms with van der Waals surface area (Å²) < 4.78 is 45.1. The van der Waals surface area contributed by atoms with E-state index in [9.17, 15) is 27.6 Å². The number of halogens is 3. The smallest absolute Gasteiger partial charge is 0.360 e. The molecule has 1 heterocycles. The van der Waals surface area contributed by atoms with E-state index >= 15 is 0 Å². The van der Waals surface area contributed by atoms with Crippen LogP contribution in [0.2, 0.25) is 0 Å². The van der Waals surface area contributed by atoms with Crippen LogP contribution in [-0.4, -0.2) is 35.9 Å². The lowest BCUT2D eigenvalue weighted by molar-refractivity contribution is -0.181. The molecule has 230 valence electrons. The summed E-state index contributed by atoms with van der Waals surface area (Å²) in [5, 5.41) is 6.26. The van der Waals surface area contributed by atoms with Gasteiger partial charge in [-0.25, -0.2) is 0 Å². The fourth-order valence-corrected chi connectivity index (χ4v) is 10.9. The molecule has 5 aliphatic rings. The minimum absolute atomic E-state index is 0.0221. The molecule has 6 nitrogen and oxygen atoms in total. The van der Waals surface area contributed by atoms with E-state index in [0.717, 1.165) is 36.7 Å². The maximum absolute atomic E-state index is 14.5. The molecule has 0 bridgehead atoms. The second-order valence-electron chi connectivity index (χ2n) is 15.9. The van der Waals surface area contributed by atoms with E-state index < -0.39 is 46.2 Å². The summed E-state index contributed by atoms with van der Waals surface area (Å²) in [5.74, 6) is -0.849. The Balaban J connectivity index is 1.46. The lowest BCUT2D eigenvalue weighted by Crippen LogP contribution is -2.67. The van der Waals surface area contributed by atoms with Crippen molar-refractivity contribution in [2.24, 2.45) is 44.8 Å². The summed E-state index contributed by atoms with van der Waals surface area (Å²) in [6.07, 6.45) is 5.03. The molecule has 1 aromatic rings. The molecular weight excluding hydrogens is 545 g/mol. The Morgan fingerprint density at radius 1 is 1.10 bits per heavy atom. The standard InChI is InChI=1S/C33H43F3N2O4/c1-27(2)9-11-32(26(41)37-17-33(34,35)36)12-10-31(6)24(20(32)15-27)21(40)13-23-28(3)14-19-16-38-42-25(19)29(4,18-39)22(28)7-8-30(23,31)5/h13,16,18,20,22,24H,7-12,14-15,17H2,1-6H3,(H,37,41)/t20-,22?,24-,28-,29-,30+,31+,32-/m0/s1. The van der Waals surface area contributed by atoms with Crippen molar-refractivity contribution < 1.29 is 32.1 Å². The number of nitrogens with zero attached hydrogens (tertiary/aromatic N) is 1. The minimum Gasteiger partial charge on any atom is -0.360 e. The van der Waals surface area contributed by atoms with Crippen LogP contribution in [0.4, 0.5) is 13.2 Å². The van der Waals surface area contributed by atoms with Crippen molar-refractivity contribution >= 4 is 18.0 Å². The van der Waals surface area contributed by atoms with Crippen molar-refractivity contribution in [3.8, 4) is 0 Å². The lowest BCUT2D eigenvalue weighted by Gasteiger charge is -2.69. The third-order valence-corrected chi connectivity index (χ3v) is 13.2. The molecule has 0 saturated heterocycles. The normalized spacial score (nSPS) is 44.0. The molecule has 1 aromatic heterocycles. The van der Waals surface area contributed by atoms with Crippen LogP contribution < -0.4 is 5.32 Å². The molecule has 8 atom stereocenters. The number of alkyl halides is 3. The number of carbonyl (C=O) groups excluding carboxylic acids is 3. The minimum atomic E-state index is -4.50. The van der Waals surface area contributed by atoms with E-state index in [1.165, 1.54) is 0 Å². The maximum atomic E-state index is 14.5. The third-order valence-electron chi connectivity index (χ3n) is 13.2. The molecule has 42 heavy (non-hydrogen) atoms. The number of hydrogen-bond donors (Lipinski definition) is 1. The molecule has 5 aliphatic carbocycles. The number of amides is 1. The highest BCUT2D eigenvalue weighted by atomic mass is 19.4. The average Bonchev–Trinajstić information content (AvgIpc) is 3.36. The van der Waals surface area contributed by atoms with Crippen molar-refractivity contribution in [2.45, 2.75) is 105 Å². The summed E-state index contributed by atoms with van der Waals surface area (Å²) in [4.78, 5) is 40.9. The number of allylic oxidation sites excluding steroid dienone is 2. The number of aromatic nitrogens is 1. The third kappa shape index (κ3) is 3.76. The number of fused-ring (bicyclic) bond motifs is 8. The Bertz CT molecular complexity index is 1380. The van der Waals surface area contributed by atoms with Crippen LogP contribution in [0.5, 0.6) is 0 Å². The van der Waals surface area contributed by atoms with Gasteiger partial charge in [0, 0.05) is 11.5 Å².